The SMILES string of the molecule is C/C(=C\Cc1ccccc1)Nc1ccccc1. The van der Waals surface area contributed by atoms with Crippen LogP contribution in [0.4, 0.5) is 5.69 Å². The predicted molar refractivity (Wildman–Crippen MR) is 74.0 cm³/mol. The van der Waals surface area contributed by atoms with Crippen LogP contribution in [0.3, 0.4) is 0 Å². The Kier molecular flexibility index (Phi) is 3.98. The Balaban J connectivity index is 1.94. The van der Waals surface area contributed by atoms with E-state index in [9.17, 15) is 0 Å². The van der Waals surface area contributed by atoms with Gasteiger partial charge in [0.05, 0.1) is 0 Å². The lowest BCUT2D eigenvalue weighted by atomic mass is 10.1. The van der Waals surface area contributed by atoms with Crippen molar-refractivity contribution in [3.05, 3.63) is 78.0 Å². The van der Waals surface area contributed by atoms with E-state index in [0.29, 0.717) is 0 Å². The van der Waals surface area contributed by atoms with Gasteiger partial charge in [0.2, 0.25) is 0 Å². The third-order valence-corrected chi connectivity index (χ3v) is 2.60. The molecule has 0 unspecified atom stereocenters. The van der Waals surface area contributed by atoms with Crippen molar-refractivity contribution in [3.63, 3.8) is 0 Å². The average molecular weight is 223 g/mol. The van der Waals surface area contributed by atoms with Gasteiger partial charge in [-0.2, -0.15) is 0 Å². The van der Waals surface area contributed by atoms with Crippen LogP contribution in [-0.2, 0) is 6.42 Å². The van der Waals surface area contributed by atoms with Crippen molar-refractivity contribution in [2.75, 3.05) is 5.32 Å². The van der Waals surface area contributed by atoms with Crippen LogP contribution < -0.4 is 5.32 Å². The van der Waals surface area contributed by atoms with Crippen molar-refractivity contribution in [1.29, 1.82) is 0 Å². The minimum Gasteiger partial charge on any atom is -0.359 e. The van der Waals surface area contributed by atoms with Crippen molar-refractivity contribution in [2.45, 2.75) is 13.3 Å². The number of nitrogens with one attached hydrogen (secondary N) is 1. The minimum absolute atomic E-state index is 0.965. The van der Waals surface area contributed by atoms with Crippen molar-refractivity contribution in [3.8, 4) is 0 Å². The molecule has 0 amide bonds. The lowest BCUT2D eigenvalue weighted by Gasteiger charge is -2.06. The van der Waals surface area contributed by atoms with Crippen LogP contribution in [0.5, 0.6) is 0 Å². The molecule has 1 heteroatoms. The Bertz CT molecular complexity index is 471. The van der Waals surface area contributed by atoms with Gasteiger partial charge in [-0.1, -0.05) is 54.6 Å². The van der Waals surface area contributed by atoms with Crippen LogP contribution in [0.15, 0.2) is 72.4 Å². The molecule has 0 spiro atoms. The molecule has 1 nitrogen and oxygen atoms in total. The van der Waals surface area contributed by atoms with Gasteiger partial charge in [0.1, 0.15) is 0 Å². The molecule has 0 fully saturated rings. The normalized spacial score (nSPS) is 11.2. The molecule has 2 rings (SSSR count). The zero-order valence-corrected chi connectivity index (χ0v) is 10.1. The van der Waals surface area contributed by atoms with E-state index in [1.807, 2.05) is 24.3 Å². The highest BCUT2D eigenvalue weighted by atomic mass is 14.9. The Morgan fingerprint density at radius 3 is 2.18 bits per heavy atom. The predicted octanol–water partition coefficient (Wildman–Crippen LogP) is 4.25. The van der Waals surface area contributed by atoms with Crippen molar-refractivity contribution < 1.29 is 0 Å². The van der Waals surface area contributed by atoms with Gasteiger partial charge in [-0.05, 0) is 31.0 Å². The highest BCUT2D eigenvalue weighted by Crippen LogP contribution is 2.09. The quantitative estimate of drug-likeness (QED) is 0.817. The van der Waals surface area contributed by atoms with E-state index in [1.54, 1.807) is 0 Å². The number of para-hydroxylation sites is 1. The molecule has 2 aromatic rings. The summed E-state index contributed by atoms with van der Waals surface area (Å²) < 4.78 is 0. The number of hydrogen-bond donors (Lipinski definition) is 1. The Labute approximate surface area is 103 Å². The largest absolute Gasteiger partial charge is 0.359 e. The maximum Gasteiger partial charge on any atom is 0.0381 e. The number of benzene rings is 2. The van der Waals surface area contributed by atoms with Crippen LogP contribution in [0.25, 0.3) is 0 Å². The molecule has 0 aromatic heterocycles. The van der Waals surface area contributed by atoms with Crippen molar-refractivity contribution >= 4 is 5.69 Å². The van der Waals surface area contributed by atoms with Gasteiger partial charge in [-0.15, -0.1) is 0 Å². The van der Waals surface area contributed by atoms with Crippen LogP contribution in [-0.4, -0.2) is 0 Å². The maximum absolute atomic E-state index is 3.37. The molecule has 2 aromatic carbocycles. The van der Waals surface area contributed by atoms with Crippen molar-refractivity contribution in [1.82, 2.24) is 0 Å². The van der Waals surface area contributed by atoms with E-state index in [4.69, 9.17) is 0 Å². The zero-order chi connectivity index (χ0) is 11.9. The fraction of sp³-hybridized carbons (Fsp3) is 0.125. The van der Waals surface area contributed by atoms with E-state index >= 15 is 0 Å². The van der Waals surface area contributed by atoms with Gasteiger partial charge >= 0.3 is 0 Å². The smallest absolute Gasteiger partial charge is 0.0381 e. The standard InChI is InChI=1S/C16H17N/c1-14(17-16-10-6-3-7-11-16)12-13-15-8-4-2-5-9-15/h2-12,17H,13H2,1H3/b14-12+. The molecule has 0 saturated heterocycles. The summed E-state index contributed by atoms with van der Waals surface area (Å²) in [6.45, 7) is 2.09. The van der Waals surface area contributed by atoms with Crippen LogP contribution >= 0.6 is 0 Å². The van der Waals surface area contributed by atoms with Crippen LogP contribution in [0.2, 0.25) is 0 Å². The van der Waals surface area contributed by atoms with E-state index in [-0.39, 0.29) is 0 Å². The third-order valence-electron chi connectivity index (χ3n) is 2.60. The monoisotopic (exact) mass is 223 g/mol. The fourth-order valence-electron chi connectivity index (χ4n) is 1.69. The summed E-state index contributed by atoms with van der Waals surface area (Å²) in [6.07, 6.45) is 3.18. The molecule has 0 aliphatic carbocycles. The molecule has 0 saturated carbocycles. The fourth-order valence-corrected chi connectivity index (χ4v) is 1.69. The second-order valence-electron chi connectivity index (χ2n) is 4.07. The molecule has 1 N–H and O–H groups in total. The van der Waals surface area contributed by atoms with E-state index in [2.05, 4.69) is 54.7 Å². The van der Waals surface area contributed by atoms with Gasteiger partial charge < -0.3 is 5.32 Å². The summed E-state index contributed by atoms with van der Waals surface area (Å²) >= 11 is 0. The Hall–Kier alpha value is -2.02. The minimum atomic E-state index is 0.965. The molecule has 86 valence electrons. The first-order valence-electron chi connectivity index (χ1n) is 5.87. The van der Waals surface area contributed by atoms with Gasteiger partial charge in [0, 0.05) is 11.4 Å². The molecule has 0 radical (unpaired) electrons. The molecule has 0 aliphatic rings. The number of hydrogen-bond acceptors (Lipinski definition) is 1. The topological polar surface area (TPSA) is 12.0 Å². The average Bonchev–Trinajstić information content (AvgIpc) is 2.39. The van der Waals surface area contributed by atoms with Crippen LogP contribution in [0.1, 0.15) is 12.5 Å². The first-order chi connectivity index (χ1) is 8.34. The first-order valence-corrected chi connectivity index (χ1v) is 5.87. The molecule has 0 atom stereocenters. The first kappa shape index (κ1) is 11.5. The molecule has 17 heavy (non-hydrogen) atoms. The highest BCUT2D eigenvalue weighted by molar-refractivity contribution is 5.47. The summed E-state index contributed by atoms with van der Waals surface area (Å²) in [5, 5.41) is 3.37. The number of allylic oxidation sites excluding steroid dienone is 2. The molecule has 0 heterocycles. The molecule has 0 bridgehead atoms. The third kappa shape index (κ3) is 3.80. The number of anilines is 1. The van der Waals surface area contributed by atoms with E-state index < -0.39 is 0 Å². The second kappa shape index (κ2) is 5.90. The molecule has 0 aliphatic heterocycles. The lowest BCUT2D eigenvalue weighted by molar-refractivity contribution is 1.22. The summed E-state index contributed by atoms with van der Waals surface area (Å²) in [4.78, 5) is 0. The van der Waals surface area contributed by atoms with E-state index in [0.717, 1.165) is 12.1 Å². The summed E-state index contributed by atoms with van der Waals surface area (Å²) in [5.41, 5.74) is 3.65. The highest BCUT2D eigenvalue weighted by Gasteiger charge is 1.92. The number of rotatable bonds is 4. The summed E-state index contributed by atoms with van der Waals surface area (Å²) in [6, 6.07) is 20.7. The Morgan fingerprint density at radius 1 is 0.941 bits per heavy atom. The van der Waals surface area contributed by atoms with Gasteiger partial charge in [0.15, 0.2) is 0 Å². The van der Waals surface area contributed by atoms with Crippen LogP contribution in [0, 0.1) is 0 Å². The molecular weight excluding hydrogens is 206 g/mol. The second-order valence-corrected chi connectivity index (χ2v) is 4.07. The summed E-state index contributed by atoms with van der Waals surface area (Å²) in [7, 11) is 0. The van der Waals surface area contributed by atoms with Gasteiger partial charge in [-0.25, -0.2) is 0 Å². The van der Waals surface area contributed by atoms with Gasteiger partial charge in [-0.3, -0.25) is 0 Å². The maximum atomic E-state index is 3.37. The molecular formula is C16H17N. The summed E-state index contributed by atoms with van der Waals surface area (Å²) in [5.74, 6) is 0. The van der Waals surface area contributed by atoms with Gasteiger partial charge in [0.25, 0.3) is 0 Å². The van der Waals surface area contributed by atoms with Crippen molar-refractivity contribution in [2.24, 2.45) is 0 Å². The lowest BCUT2D eigenvalue weighted by Crippen LogP contribution is -1.95. The van der Waals surface area contributed by atoms with E-state index in [1.165, 1.54) is 11.3 Å². The zero-order valence-electron chi connectivity index (χ0n) is 10.1. The Morgan fingerprint density at radius 2 is 1.53 bits per heavy atom.